The molecule has 0 aliphatic heterocycles. The predicted octanol–water partition coefficient (Wildman–Crippen LogP) is 3.34. The first-order valence-corrected chi connectivity index (χ1v) is 7.51. The molecule has 0 aliphatic carbocycles. The third kappa shape index (κ3) is 4.56. The fraction of sp³-hybridized carbons (Fsp3) is 0.529. The number of para-hydroxylation sites is 1. The van der Waals surface area contributed by atoms with Crippen LogP contribution in [-0.4, -0.2) is 26.9 Å². The molecule has 0 spiro atoms. The molecule has 2 rings (SSSR count). The van der Waals surface area contributed by atoms with E-state index in [-0.39, 0.29) is 0 Å². The number of hydrogen-bond acceptors (Lipinski definition) is 4. The van der Waals surface area contributed by atoms with Crippen molar-refractivity contribution in [2.24, 2.45) is 5.92 Å². The van der Waals surface area contributed by atoms with Crippen molar-refractivity contribution in [3.8, 4) is 0 Å². The summed E-state index contributed by atoms with van der Waals surface area (Å²) in [5, 5.41) is 4.34. The van der Waals surface area contributed by atoms with E-state index in [0.717, 1.165) is 29.9 Å². The maximum atomic E-state index is 5.89. The largest absolute Gasteiger partial charge is 0.458 e. The van der Waals surface area contributed by atoms with Crippen LogP contribution in [0, 0.1) is 5.92 Å². The highest BCUT2D eigenvalue weighted by atomic mass is 16.5. The molecule has 4 heteroatoms. The molecule has 0 fully saturated rings. The lowest BCUT2D eigenvalue weighted by Gasteiger charge is -2.07. The number of rotatable bonds is 9. The first-order chi connectivity index (χ1) is 10.2. The van der Waals surface area contributed by atoms with E-state index in [1.807, 2.05) is 25.2 Å². The highest BCUT2D eigenvalue weighted by Crippen LogP contribution is 2.26. The molecule has 0 saturated carbocycles. The monoisotopic (exact) mass is 291 g/mol. The van der Waals surface area contributed by atoms with Crippen LogP contribution in [0.1, 0.15) is 25.2 Å². The zero-order valence-electron chi connectivity index (χ0n) is 13.1. The van der Waals surface area contributed by atoms with Crippen LogP contribution < -0.4 is 5.32 Å². The topological polar surface area (TPSA) is 43.6 Å². The molecule has 0 radical (unpaired) electrons. The summed E-state index contributed by atoms with van der Waals surface area (Å²) in [5.41, 5.74) is 2.09. The summed E-state index contributed by atoms with van der Waals surface area (Å²) in [7, 11) is 1.94. The summed E-state index contributed by atoms with van der Waals surface area (Å²) < 4.78 is 17.1. The van der Waals surface area contributed by atoms with Crippen LogP contribution in [0.3, 0.4) is 0 Å². The molecule has 2 aromatic rings. The summed E-state index contributed by atoms with van der Waals surface area (Å²) in [5.74, 6) is 1.46. The van der Waals surface area contributed by atoms with Gasteiger partial charge in [0.05, 0.1) is 13.2 Å². The Hall–Kier alpha value is -1.36. The molecule has 0 saturated heterocycles. The van der Waals surface area contributed by atoms with Crippen LogP contribution in [0.15, 0.2) is 28.7 Å². The van der Waals surface area contributed by atoms with Crippen molar-refractivity contribution in [1.29, 1.82) is 0 Å². The molecular weight excluding hydrogens is 266 g/mol. The van der Waals surface area contributed by atoms with Crippen LogP contribution in [0.2, 0.25) is 0 Å². The minimum Gasteiger partial charge on any atom is -0.458 e. The molecule has 0 amide bonds. The second-order valence-corrected chi connectivity index (χ2v) is 5.55. The average Bonchev–Trinajstić information content (AvgIpc) is 2.81. The summed E-state index contributed by atoms with van der Waals surface area (Å²) in [4.78, 5) is 0. The summed E-state index contributed by atoms with van der Waals surface area (Å²) in [6, 6.07) is 8.09. The molecule has 4 nitrogen and oxygen atoms in total. The van der Waals surface area contributed by atoms with Crippen molar-refractivity contribution < 1.29 is 13.9 Å². The minimum absolute atomic E-state index is 0.483. The Balaban J connectivity index is 1.90. The van der Waals surface area contributed by atoms with Gasteiger partial charge >= 0.3 is 0 Å². The van der Waals surface area contributed by atoms with E-state index in [1.54, 1.807) is 0 Å². The van der Waals surface area contributed by atoms with Gasteiger partial charge in [-0.1, -0.05) is 32.0 Å². The predicted molar refractivity (Wildman–Crippen MR) is 84.3 cm³/mol. The van der Waals surface area contributed by atoms with E-state index < -0.39 is 0 Å². The van der Waals surface area contributed by atoms with Gasteiger partial charge in [0, 0.05) is 24.1 Å². The lowest BCUT2D eigenvalue weighted by molar-refractivity contribution is 0.0265. The zero-order valence-corrected chi connectivity index (χ0v) is 13.1. The van der Waals surface area contributed by atoms with E-state index >= 15 is 0 Å². The first-order valence-electron chi connectivity index (χ1n) is 7.51. The van der Waals surface area contributed by atoms with Crippen LogP contribution in [0.5, 0.6) is 0 Å². The number of benzene rings is 1. The number of furan rings is 1. The Kier molecular flexibility index (Phi) is 6.23. The third-order valence-electron chi connectivity index (χ3n) is 3.19. The molecule has 21 heavy (non-hydrogen) atoms. The molecule has 1 N–H and O–H groups in total. The maximum absolute atomic E-state index is 5.89. The molecule has 0 atom stereocenters. The second-order valence-electron chi connectivity index (χ2n) is 5.55. The van der Waals surface area contributed by atoms with Crippen LogP contribution >= 0.6 is 0 Å². The van der Waals surface area contributed by atoms with Crippen molar-refractivity contribution in [3.63, 3.8) is 0 Å². The molecular formula is C17H25NO3. The lowest BCUT2D eigenvalue weighted by atomic mass is 10.1. The Morgan fingerprint density at radius 3 is 2.67 bits per heavy atom. The van der Waals surface area contributed by atoms with Crippen molar-refractivity contribution in [3.05, 3.63) is 35.6 Å². The lowest BCUT2D eigenvalue weighted by Crippen LogP contribution is -2.10. The van der Waals surface area contributed by atoms with Gasteiger partial charge in [-0.05, 0) is 19.0 Å². The quantitative estimate of drug-likeness (QED) is 0.720. The number of nitrogens with one attached hydrogen (secondary N) is 1. The Bertz CT molecular complexity index is 548. The third-order valence-corrected chi connectivity index (χ3v) is 3.19. The highest BCUT2D eigenvalue weighted by Gasteiger charge is 2.13. The van der Waals surface area contributed by atoms with Gasteiger partial charge in [-0.15, -0.1) is 0 Å². The van der Waals surface area contributed by atoms with Crippen LogP contribution in [-0.2, 0) is 22.6 Å². The van der Waals surface area contributed by atoms with Gasteiger partial charge in [0.1, 0.15) is 18.0 Å². The van der Waals surface area contributed by atoms with Gasteiger partial charge in [-0.25, -0.2) is 0 Å². The van der Waals surface area contributed by atoms with Crippen molar-refractivity contribution in [1.82, 2.24) is 5.32 Å². The molecule has 1 aromatic heterocycles. The molecule has 0 unspecified atom stereocenters. The number of ether oxygens (including phenoxy) is 2. The number of fused-ring (bicyclic) bond motifs is 1. The van der Waals surface area contributed by atoms with Gasteiger partial charge in [0.25, 0.3) is 0 Å². The minimum atomic E-state index is 0.483. The van der Waals surface area contributed by atoms with Gasteiger partial charge in [0.15, 0.2) is 0 Å². The Morgan fingerprint density at radius 2 is 1.90 bits per heavy atom. The fourth-order valence-corrected chi connectivity index (χ4v) is 2.24. The van der Waals surface area contributed by atoms with E-state index in [2.05, 4.69) is 25.2 Å². The normalized spacial score (nSPS) is 11.6. The van der Waals surface area contributed by atoms with E-state index in [0.29, 0.717) is 25.7 Å². The SMILES string of the molecule is CNCc1c(COCCOCC(C)C)oc2ccccc12. The van der Waals surface area contributed by atoms with Crippen molar-refractivity contribution in [2.45, 2.75) is 27.0 Å². The fourth-order valence-electron chi connectivity index (χ4n) is 2.24. The number of hydrogen-bond donors (Lipinski definition) is 1. The molecule has 116 valence electrons. The van der Waals surface area contributed by atoms with Crippen LogP contribution in [0.4, 0.5) is 0 Å². The summed E-state index contributed by atoms with van der Waals surface area (Å²) in [6.45, 7) is 7.52. The zero-order chi connectivity index (χ0) is 15.1. The molecule has 0 bridgehead atoms. The Labute approximate surface area is 126 Å². The Morgan fingerprint density at radius 1 is 1.14 bits per heavy atom. The van der Waals surface area contributed by atoms with E-state index in [1.165, 1.54) is 5.56 Å². The van der Waals surface area contributed by atoms with Gasteiger partial charge in [-0.2, -0.15) is 0 Å². The van der Waals surface area contributed by atoms with E-state index in [9.17, 15) is 0 Å². The van der Waals surface area contributed by atoms with Gasteiger partial charge < -0.3 is 19.2 Å². The smallest absolute Gasteiger partial charge is 0.135 e. The summed E-state index contributed by atoms with van der Waals surface area (Å²) >= 11 is 0. The van der Waals surface area contributed by atoms with Crippen LogP contribution in [0.25, 0.3) is 11.0 Å². The maximum Gasteiger partial charge on any atom is 0.135 e. The average molecular weight is 291 g/mol. The standard InChI is InChI=1S/C17H25NO3/c1-13(2)11-19-8-9-20-12-17-15(10-18-3)14-6-4-5-7-16(14)21-17/h4-7,13,18H,8-12H2,1-3H3. The summed E-state index contributed by atoms with van der Waals surface area (Å²) in [6.07, 6.45) is 0. The molecule has 0 aliphatic rings. The first kappa shape index (κ1) is 16.0. The van der Waals surface area contributed by atoms with Crippen molar-refractivity contribution >= 4 is 11.0 Å². The van der Waals surface area contributed by atoms with E-state index in [4.69, 9.17) is 13.9 Å². The second kappa shape index (κ2) is 8.17. The van der Waals surface area contributed by atoms with Crippen molar-refractivity contribution in [2.75, 3.05) is 26.9 Å². The highest BCUT2D eigenvalue weighted by molar-refractivity contribution is 5.82. The molecule has 1 aromatic carbocycles. The van der Waals surface area contributed by atoms with Gasteiger partial charge in [0.2, 0.25) is 0 Å². The van der Waals surface area contributed by atoms with Gasteiger partial charge in [-0.3, -0.25) is 0 Å². The molecule has 1 heterocycles.